The Hall–Kier alpha value is -1.80. The van der Waals surface area contributed by atoms with Gasteiger partial charge in [-0.3, -0.25) is 0 Å². The van der Waals surface area contributed by atoms with E-state index in [1.54, 1.807) is 7.11 Å². The van der Waals surface area contributed by atoms with Crippen molar-refractivity contribution in [3.05, 3.63) is 65.2 Å². The third kappa shape index (κ3) is 2.66. The van der Waals surface area contributed by atoms with Gasteiger partial charge in [0.2, 0.25) is 0 Å². The fourth-order valence-electron chi connectivity index (χ4n) is 1.80. The summed E-state index contributed by atoms with van der Waals surface area (Å²) in [5, 5.41) is 0. The highest BCUT2D eigenvalue weighted by Crippen LogP contribution is 2.23. The van der Waals surface area contributed by atoms with Crippen molar-refractivity contribution in [3.8, 4) is 5.75 Å². The molecule has 1 atom stereocenters. The third-order valence-electron chi connectivity index (χ3n) is 2.89. The van der Waals surface area contributed by atoms with Gasteiger partial charge in [-0.15, -0.1) is 0 Å². The van der Waals surface area contributed by atoms with Gasteiger partial charge in [-0.2, -0.15) is 0 Å². The van der Waals surface area contributed by atoms with Crippen LogP contribution in [0.25, 0.3) is 0 Å². The summed E-state index contributed by atoms with van der Waals surface area (Å²) >= 11 is 0. The SMILES string of the molecule is COc1cccc(C(N)c2ccc(C)cc2)c1. The molecule has 0 saturated carbocycles. The topological polar surface area (TPSA) is 35.2 Å². The summed E-state index contributed by atoms with van der Waals surface area (Å²) in [4.78, 5) is 0. The van der Waals surface area contributed by atoms with E-state index in [0.717, 1.165) is 16.9 Å². The van der Waals surface area contributed by atoms with E-state index in [4.69, 9.17) is 10.5 Å². The lowest BCUT2D eigenvalue weighted by molar-refractivity contribution is 0.414. The minimum Gasteiger partial charge on any atom is -0.497 e. The Morgan fingerprint density at radius 1 is 1.00 bits per heavy atom. The van der Waals surface area contributed by atoms with E-state index in [1.165, 1.54) is 5.56 Å². The Labute approximate surface area is 102 Å². The van der Waals surface area contributed by atoms with Crippen LogP contribution in [0, 0.1) is 6.92 Å². The molecule has 2 aromatic carbocycles. The molecule has 0 aliphatic heterocycles. The molecular weight excluding hydrogens is 210 g/mol. The predicted octanol–water partition coefficient (Wildman–Crippen LogP) is 3.05. The molecule has 0 aliphatic carbocycles. The van der Waals surface area contributed by atoms with Gasteiger partial charge in [0.05, 0.1) is 13.2 Å². The maximum absolute atomic E-state index is 6.23. The first-order chi connectivity index (χ1) is 8.20. The average molecular weight is 227 g/mol. The van der Waals surface area contributed by atoms with Crippen molar-refractivity contribution in [1.29, 1.82) is 0 Å². The summed E-state index contributed by atoms with van der Waals surface area (Å²) in [6, 6.07) is 16.1. The highest BCUT2D eigenvalue weighted by Gasteiger charge is 2.09. The number of aryl methyl sites for hydroxylation is 1. The molecule has 2 nitrogen and oxygen atoms in total. The zero-order valence-electron chi connectivity index (χ0n) is 10.2. The van der Waals surface area contributed by atoms with Gasteiger partial charge in [0.25, 0.3) is 0 Å². The van der Waals surface area contributed by atoms with Crippen molar-refractivity contribution in [2.75, 3.05) is 7.11 Å². The smallest absolute Gasteiger partial charge is 0.119 e. The lowest BCUT2D eigenvalue weighted by atomic mass is 9.99. The second kappa shape index (κ2) is 5.02. The van der Waals surface area contributed by atoms with Crippen molar-refractivity contribution in [1.82, 2.24) is 0 Å². The highest BCUT2D eigenvalue weighted by atomic mass is 16.5. The van der Waals surface area contributed by atoms with E-state index in [2.05, 4.69) is 31.2 Å². The van der Waals surface area contributed by atoms with Crippen LogP contribution in [0.5, 0.6) is 5.75 Å². The molecule has 0 aromatic heterocycles. The fourth-order valence-corrected chi connectivity index (χ4v) is 1.80. The van der Waals surface area contributed by atoms with Crippen molar-refractivity contribution >= 4 is 0 Å². The largest absolute Gasteiger partial charge is 0.497 e. The van der Waals surface area contributed by atoms with Crippen LogP contribution >= 0.6 is 0 Å². The maximum atomic E-state index is 6.23. The number of ether oxygens (including phenoxy) is 1. The Bertz CT molecular complexity index is 491. The van der Waals surface area contributed by atoms with Crippen LogP contribution in [0.4, 0.5) is 0 Å². The molecular formula is C15H17NO. The quantitative estimate of drug-likeness (QED) is 0.874. The van der Waals surface area contributed by atoms with Gasteiger partial charge in [0, 0.05) is 0 Å². The molecule has 88 valence electrons. The first kappa shape index (κ1) is 11.7. The van der Waals surface area contributed by atoms with Crippen LogP contribution in [-0.4, -0.2) is 7.11 Å². The normalized spacial score (nSPS) is 12.2. The zero-order valence-corrected chi connectivity index (χ0v) is 10.2. The standard InChI is InChI=1S/C15H17NO/c1-11-6-8-12(9-7-11)15(16)13-4-3-5-14(10-13)17-2/h3-10,15H,16H2,1-2H3. The molecule has 0 bridgehead atoms. The second-order valence-electron chi connectivity index (χ2n) is 4.16. The minimum absolute atomic E-state index is 0.106. The first-order valence-corrected chi connectivity index (χ1v) is 5.67. The average Bonchev–Trinajstić information content (AvgIpc) is 2.39. The van der Waals surface area contributed by atoms with E-state index >= 15 is 0 Å². The van der Waals surface area contributed by atoms with Crippen LogP contribution in [-0.2, 0) is 0 Å². The minimum atomic E-state index is -0.106. The van der Waals surface area contributed by atoms with Crippen molar-refractivity contribution in [3.63, 3.8) is 0 Å². The predicted molar refractivity (Wildman–Crippen MR) is 70.2 cm³/mol. The molecule has 0 heterocycles. The number of rotatable bonds is 3. The van der Waals surface area contributed by atoms with Crippen LogP contribution < -0.4 is 10.5 Å². The van der Waals surface area contributed by atoms with E-state index in [0.29, 0.717) is 0 Å². The number of hydrogen-bond acceptors (Lipinski definition) is 2. The highest BCUT2D eigenvalue weighted by molar-refractivity contribution is 5.37. The Morgan fingerprint density at radius 2 is 1.71 bits per heavy atom. The Morgan fingerprint density at radius 3 is 2.35 bits per heavy atom. The molecule has 1 unspecified atom stereocenters. The molecule has 2 aromatic rings. The number of benzene rings is 2. The number of methoxy groups -OCH3 is 1. The van der Waals surface area contributed by atoms with Crippen LogP contribution in [0.15, 0.2) is 48.5 Å². The molecule has 0 radical (unpaired) electrons. The lowest BCUT2D eigenvalue weighted by Gasteiger charge is -2.13. The molecule has 0 fully saturated rings. The van der Waals surface area contributed by atoms with Gasteiger partial charge in [-0.05, 0) is 30.2 Å². The molecule has 0 aliphatic rings. The van der Waals surface area contributed by atoms with Crippen molar-refractivity contribution < 1.29 is 4.74 Å². The van der Waals surface area contributed by atoms with Gasteiger partial charge >= 0.3 is 0 Å². The molecule has 17 heavy (non-hydrogen) atoms. The Balaban J connectivity index is 2.29. The van der Waals surface area contributed by atoms with Gasteiger partial charge in [-0.25, -0.2) is 0 Å². The first-order valence-electron chi connectivity index (χ1n) is 5.67. The number of nitrogens with two attached hydrogens (primary N) is 1. The number of hydrogen-bond donors (Lipinski definition) is 1. The summed E-state index contributed by atoms with van der Waals surface area (Å²) in [7, 11) is 1.66. The molecule has 0 saturated heterocycles. The summed E-state index contributed by atoms with van der Waals surface area (Å²) in [5.41, 5.74) is 9.65. The summed E-state index contributed by atoms with van der Waals surface area (Å²) in [6.45, 7) is 2.07. The van der Waals surface area contributed by atoms with E-state index in [9.17, 15) is 0 Å². The summed E-state index contributed by atoms with van der Waals surface area (Å²) in [6.07, 6.45) is 0. The van der Waals surface area contributed by atoms with Crippen LogP contribution in [0.1, 0.15) is 22.7 Å². The maximum Gasteiger partial charge on any atom is 0.119 e. The van der Waals surface area contributed by atoms with Crippen molar-refractivity contribution in [2.24, 2.45) is 5.73 Å². The van der Waals surface area contributed by atoms with Gasteiger partial charge < -0.3 is 10.5 Å². The Kier molecular flexibility index (Phi) is 3.45. The molecule has 2 rings (SSSR count). The van der Waals surface area contributed by atoms with Gasteiger partial charge in [-0.1, -0.05) is 42.0 Å². The van der Waals surface area contributed by atoms with E-state index < -0.39 is 0 Å². The molecule has 0 spiro atoms. The second-order valence-corrected chi connectivity index (χ2v) is 4.16. The zero-order chi connectivity index (χ0) is 12.3. The molecule has 2 heteroatoms. The molecule has 2 N–H and O–H groups in total. The van der Waals surface area contributed by atoms with Gasteiger partial charge in [0.15, 0.2) is 0 Å². The lowest BCUT2D eigenvalue weighted by Crippen LogP contribution is -2.11. The van der Waals surface area contributed by atoms with Crippen LogP contribution in [0.2, 0.25) is 0 Å². The van der Waals surface area contributed by atoms with Gasteiger partial charge in [0.1, 0.15) is 5.75 Å². The van der Waals surface area contributed by atoms with Crippen molar-refractivity contribution in [2.45, 2.75) is 13.0 Å². The van der Waals surface area contributed by atoms with E-state index in [1.807, 2.05) is 24.3 Å². The fraction of sp³-hybridized carbons (Fsp3) is 0.200. The van der Waals surface area contributed by atoms with E-state index in [-0.39, 0.29) is 6.04 Å². The summed E-state index contributed by atoms with van der Waals surface area (Å²) in [5.74, 6) is 0.838. The summed E-state index contributed by atoms with van der Waals surface area (Å²) < 4.78 is 5.20. The van der Waals surface area contributed by atoms with Crippen LogP contribution in [0.3, 0.4) is 0 Å². The third-order valence-corrected chi connectivity index (χ3v) is 2.89. The molecule has 0 amide bonds. The monoisotopic (exact) mass is 227 g/mol.